The Balaban J connectivity index is 2.17. The molecule has 0 aromatic rings. The Morgan fingerprint density at radius 1 is 1.21 bits per heavy atom. The summed E-state index contributed by atoms with van der Waals surface area (Å²) in [5.41, 5.74) is 0.312. The first kappa shape index (κ1) is 10.0. The van der Waals surface area contributed by atoms with Gasteiger partial charge in [-0.25, -0.2) is 0 Å². The van der Waals surface area contributed by atoms with Crippen molar-refractivity contribution in [3.8, 4) is 0 Å². The van der Waals surface area contributed by atoms with Crippen molar-refractivity contribution in [2.45, 2.75) is 52.5 Å². The second kappa shape index (κ2) is 3.25. The van der Waals surface area contributed by atoms with E-state index in [1.54, 1.807) is 6.92 Å². The molecule has 80 valence electrons. The Bertz CT molecular complexity index is 239. The molecule has 1 N–H and O–H groups in total. The lowest BCUT2D eigenvalue weighted by Gasteiger charge is -2.54. The van der Waals surface area contributed by atoms with Gasteiger partial charge in [0.1, 0.15) is 0 Å². The molecule has 3 saturated carbocycles. The molecule has 1 unspecified atom stereocenters. The number of amides is 1. The fourth-order valence-electron chi connectivity index (χ4n) is 3.58. The number of carbonyl (C=O) groups is 1. The zero-order valence-electron chi connectivity index (χ0n) is 9.47. The summed E-state index contributed by atoms with van der Waals surface area (Å²) in [6.45, 7) is 6.28. The van der Waals surface area contributed by atoms with Gasteiger partial charge in [-0.3, -0.25) is 4.79 Å². The van der Waals surface area contributed by atoms with Crippen LogP contribution in [-0.2, 0) is 4.79 Å². The maximum Gasteiger partial charge on any atom is 0.217 e. The molecule has 3 rings (SSSR count). The molecular formula is C12H21NO. The summed E-state index contributed by atoms with van der Waals surface area (Å²) < 4.78 is 0. The number of carbonyl (C=O) groups excluding carboxylic acids is 1. The van der Waals surface area contributed by atoms with E-state index in [0.29, 0.717) is 11.5 Å². The topological polar surface area (TPSA) is 29.1 Å². The maximum atomic E-state index is 11.2. The quantitative estimate of drug-likeness (QED) is 0.683. The summed E-state index contributed by atoms with van der Waals surface area (Å²) in [6.07, 6.45) is 5.37. The minimum Gasteiger partial charge on any atom is -0.353 e. The van der Waals surface area contributed by atoms with Gasteiger partial charge in [0.2, 0.25) is 5.91 Å². The van der Waals surface area contributed by atoms with Crippen molar-refractivity contribution in [3.63, 3.8) is 0 Å². The average molecular weight is 195 g/mol. The van der Waals surface area contributed by atoms with Crippen LogP contribution in [0.2, 0.25) is 0 Å². The van der Waals surface area contributed by atoms with E-state index in [2.05, 4.69) is 19.2 Å². The predicted octanol–water partition coefficient (Wildman–Crippen LogP) is 2.34. The van der Waals surface area contributed by atoms with Gasteiger partial charge in [0.05, 0.1) is 0 Å². The normalized spacial score (nSPS) is 39.5. The highest BCUT2D eigenvalue weighted by Crippen LogP contribution is 2.52. The maximum absolute atomic E-state index is 11.2. The molecule has 2 heteroatoms. The molecular weight excluding hydrogens is 174 g/mol. The van der Waals surface area contributed by atoms with E-state index in [1.807, 2.05) is 0 Å². The molecule has 2 bridgehead atoms. The molecule has 3 aliphatic carbocycles. The van der Waals surface area contributed by atoms with Gasteiger partial charge in [0, 0.05) is 13.0 Å². The summed E-state index contributed by atoms with van der Waals surface area (Å²) >= 11 is 0. The summed E-state index contributed by atoms with van der Waals surface area (Å²) in [4.78, 5) is 11.2. The lowest BCUT2D eigenvalue weighted by molar-refractivity contribution is -0.123. The monoisotopic (exact) mass is 195 g/mol. The van der Waals surface area contributed by atoms with Crippen molar-refractivity contribution in [2.75, 3.05) is 0 Å². The zero-order valence-corrected chi connectivity index (χ0v) is 9.47. The van der Waals surface area contributed by atoms with Gasteiger partial charge in [-0.2, -0.15) is 0 Å². The van der Waals surface area contributed by atoms with Crippen molar-refractivity contribution in [3.05, 3.63) is 0 Å². The Kier molecular flexibility index (Phi) is 2.32. The molecule has 14 heavy (non-hydrogen) atoms. The van der Waals surface area contributed by atoms with E-state index < -0.39 is 0 Å². The molecule has 1 amide bonds. The van der Waals surface area contributed by atoms with Crippen molar-refractivity contribution in [1.82, 2.24) is 5.32 Å². The van der Waals surface area contributed by atoms with Crippen LogP contribution in [0.4, 0.5) is 0 Å². The standard InChI is InChI=1S/C12H21NO/c1-8(14)13-11-9-4-6-10(7-5-9)12(11,2)3/h9-11H,4-7H2,1-3H3,(H,13,14). The fourth-order valence-corrected chi connectivity index (χ4v) is 3.58. The van der Waals surface area contributed by atoms with Crippen LogP contribution < -0.4 is 5.32 Å². The van der Waals surface area contributed by atoms with Crippen molar-refractivity contribution in [2.24, 2.45) is 17.3 Å². The van der Waals surface area contributed by atoms with Gasteiger partial charge in [-0.1, -0.05) is 13.8 Å². The molecule has 3 fully saturated rings. The third-order valence-corrected chi connectivity index (χ3v) is 4.46. The van der Waals surface area contributed by atoms with Gasteiger partial charge in [0.15, 0.2) is 0 Å². The van der Waals surface area contributed by atoms with E-state index in [1.165, 1.54) is 25.7 Å². The summed E-state index contributed by atoms with van der Waals surface area (Å²) in [7, 11) is 0. The van der Waals surface area contributed by atoms with Crippen LogP contribution in [-0.4, -0.2) is 11.9 Å². The van der Waals surface area contributed by atoms with E-state index in [-0.39, 0.29) is 5.91 Å². The highest BCUT2D eigenvalue weighted by atomic mass is 16.1. The van der Waals surface area contributed by atoms with Gasteiger partial charge in [-0.15, -0.1) is 0 Å². The van der Waals surface area contributed by atoms with E-state index in [4.69, 9.17) is 0 Å². The third kappa shape index (κ3) is 1.45. The summed E-state index contributed by atoms with van der Waals surface area (Å²) in [6, 6.07) is 0.424. The number of rotatable bonds is 1. The Hall–Kier alpha value is -0.530. The van der Waals surface area contributed by atoms with Crippen LogP contribution in [0, 0.1) is 17.3 Å². The number of fused-ring (bicyclic) bond motifs is 3. The van der Waals surface area contributed by atoms with Crippen molar-refractivity contribution in [1.29, 1.82) is 0 Å². The van der Waals surface area contributed by atoms with Crippen molar-refractivity contribution < 1.29 is 4.79 Å². The van der Waals surface area contributed by atoms with Crippen LogP contribution >= 0.6 is 0 Å². The Morgan fingerprint density at radius 2 is 1.79 bits per heavy atom. The van der Waals surface area contributed by atoms with Crippen LogP contribution in [0.1, 0.15) is 46.5 Å². The highest BCUT2D eigenvalue weighted by molar-refractivity contribution is 5.73. The third-order valence-electron chi connectivity index (χ3n) is 4.46. The zero-order chi connectivity index (χ0) is 10.3. The Labute approximate surface area is 86.5 Å². The van der Waals surface area contributed by atoms with E-state index in [0.717, 1.165) is 11.8 Å². The second-order valence-electron chi connectivity index (χ2n) is 5.61. The smallest absolute Gasteiger partial charge is 0.217 e. The van der Waals surface area contributed by atoms with Gasteiger partial charge in [-0.05, 0) is 42.9 Å². The van der Waals surface area contributed by atoms with E-state index in [9.17, 15) is 4.79 Å². The number of hydrogen-bond donors (Lipinski definition) is 1. The van der Waals surface area contributed by atoms with E-state index >= 15 is 0 Å². The fraction of sp³-hybridized carbons (Fsp3) is 0.917. The van der Waals surface area contributed by atoms with Gasteiger partial charge >= 0.3 is 0 Å². The SMILES string of the molecule is CC(=O)NC1C2CCC(CC2)C1(C)C. The lowest BCUT2D eigenvalue weighted by atomic mass is 9.54. The first-order valence-electron chi connectivity index (χ1n) is 5.79. The van der Waals surface area contributed by atoms with Crippen LogP contribution in [0.5, 0.6) is 0 Å². The number of hydrogen-bond acceptors (Lipinski definition) is 1. The molecule has 1 atom stereocenters. The largest absolute Gasteiger partial charge is 0.353 e. The molecule has 0 spiro atoms. The molecule has 3 aliphatic rings. The van der Waals surface area contributed by atoms with Crippen LogP contribution in [0.25, 0.3) is 0 Å². The van der Waals surface area contributed by atoms with Crippen LogP contribution in [0.3, 0.4) is 0 Å². The summed E-state index contributed by atoms with van der Waals surface area (Å²) in [5.74, 6) is 1.69. The highest BCUT2D eigenvalue weighted by Gasteiger charge is 2.48. The molecule has 0 aromatic carbocycles. The average Bonchev–Trinajstić information content (AvgIpc) is 2.12. The van der Waals surface area contributed by atoms with Gasteiger partial charge < -0.3 is 5.32 Å². The lowest BCUT2D eigenvalue weighted by Crippen LogP contribution is -2.57. The summed E-state index contributed by atoms with van der Waals surface area (Å²) in [5, 5.41) is 3.16. The molecule has 0 radical (unpaired) electrons. The molecule has 0 aromatic heterocycles. The van der Waals surface area contributed by atoms with Crippen LogP contribution in [0.15, 0.2) is 0 Å². The first-order valence-corrected chi connectivity index (χ1v) is 5.79. The molecule has 2 nitrogen and oxygen atoms in total. The number of nitrogens with one attached hydrogen (secondary N) is 1. The van der Waals surface area contributed by atoms with Gasteiger partial charge in [0.25, 0.3) is 0 Å². The minimum atomic E-state index is 0.135. The van der Waals surface area contributed by atoms with Crippen molar-refractivity contribution >= 4 is 5.91 Å². The first-order chi connectivity index (χ1) is 6.51. The minimum absolute atomic E-state index is 0.135. The predicted molar refractivity (Wildman–Crippen MR) is 56.8 cm³/mol. The molecule has 0 aliphatic heterocycles. The second-order valence-corrected chi connectivity index (χ2v) is 5.61. The molecule has 0 saturated heterocycles. The Morgan fingerprint density at radius 3 is 2.21 bits per heavy atom. The molecule has 0 heterocycles.